The normalized spacial score (nSPS) is 11.3. The molecule has 5 rings (SSSR count). The number of hydrogen-bond donors (Lipinski definition) is 0. The van der Waals surface area contributed by atoms with E-state index in [4.69, 9.17) is 5.10 Å². The number of halogens is 1. The van der Waals surface area contributed by atoms with Crippen molar-refractivity contribution in [2.45, 2.75) is 0 Å². The van der Waals surface area contributed by atoms with Gasteiger partial charge in [0.2, 0.25) is 0 Å². The van der Waals surface area contributed by atoms with Crippen LogP contribution < -0.4 is 0 Å². The first kappa shape index (κ1) is 20.2. The Balaban J connectivity index is 1.61. The molecule has 0 aliphatic heterocycles. The first-order valence-corrected chi connectivity index (χ1v) is 11.1. The highest BCUT2D eigenvalue weighted by Gasteiger charge is 2.13. The summed E-state index contributed by atoms with van der Waals surface area (Å²) in [5.41, 5.74) is 4.37. The Morgan fingerprint density at radius 2 is 1.53 bits per heavy atom. The van der Waals surface area contributed by atoms with E-state index in [-0.39, 0.29) is 5.78 Å². The number of aromatic nitrogens is 2. The van der Waals surface area contributed by atoms with E-state index >= 15 is 0 Å². The number of fused-ring (bicyclic) bond motifs is 1. The number of para-hydroxylation sites is 1. The van der Waals surface area contributed by atoms with Gasteiger partial charge in [0.25, 0.3) is 0 Å². The topological polar surface area (TPSA) is 34.9 Å². The Morgan fingerprint density at radius 3 is 2.34 bits per heavy atom. The second-order valence-corrected chi connectivity index (χ2v) is 8.36. The lowest BCUT2D eigenvalue weighted by Gasteiger charge is -2.05. The quantitative estimate of drug-likeness (QED) is 0.195. The Morgan fingerprint density at radius 1 is 0.812 bits per heavy atom. The summed E-state index contributed by atoms with van der Waals surface area (Å²) in [6, 6.07) is 31.8. The molecule has 0 saturated carbocycles. The van der Waals surface area contributed by atoms with Crippen molar-refractivity contribution < 1.29 is 4.79 Å². The van der Waals surface area contributed by atoms with Crippen molar-refractivity contribution in [3.63, 3.8) is 0 Å². The van der Waals surface area contributed by atoms with Crippen molar-refractivity contribution in [3.8, 4) is 16.9 Å². The van der Waals surface area contributed by atoms with Crippen LogP contribution >= 0.6 is 15.9 Å². The zero-order chi connectivity index (χ0) is 21.9. The molecule has 0 radical (unpaired) electrons. The molecule has 0 aliphatic rings. The fraction of sp³-hybridized carbons (Fsp3) is 0. The molecule has 0 unspecified atom stereocenters. The monoisotopic (exact) mass is 478 g/mol. The predicted molar refractivity (Wildman–Crippen MR) is 134 cm³/mol. The number of allylic oxidation sites excluding steroid dienone is 1. The second-order valence-electron chi connectivity index (χ2n) is 7.44. The molecular weight excluding hydrogens is 460 g/mol. The fourth-order valence-corrected chi connectivity index (χ4v) is 4.00. The van der Waals surface area contributed by atoms with Gasteiger partial charge in [0.05, 0.1) is 5.69 Å². The lowest BCUT2D eigenvalue weighted by atomic mass is 9.99. The first-order valence-electron chi connectivity index (χ1n) is 10.3. The Hall–Kier alpha value is -3.76. The number of hydrogen-bond acceptors (Lipinski definition) is 2. The Kier molecular flexibility index (Phi) is 5.53. The average molecular weight is 479 g/mol. The third-order valence-electron chi connectivity index (χ3n) is 5.35. The molecule has 0 saturated heterocycles. The van der Waals surface area contributed by atoms with E-state index in [2.05, 4.69) is 40.2 Å². The molecule has 4 aromatic carbocycles. The van der Waals surface area contributed by atoms with Crippen LogP contribution in [0.5, 0.6) is 0 Å². The average Bonchev–Trinajstić information content (AvgIpc) is 3.27. The first-order chi connectivity index (χ1) is 15.7. The van der Waals surface area contributed by atoms with Gasteiger partial charge in [-0.3, -0.25) is 4.79 Å². The standard InChI is InChI=1S/C28H19BrN2O/c29-23-16-13-21(14-17-23)27(32)18-15-22-19-31(24-9-2-1-3-10-24)30-28(22)26-12-6-8-20-7-4-5-11-25(20)26/h1-19H. The highest BCUT2D eigenvalue weighted by molar-refractivity contribution is 9.10. The number of nitrogens with zero attached hydrogens (tertiary/aromatic N) is 2. The van der Waals surface area contributed by atoms with E-state index in [9.17, 15) is 4.79 Å². The van der Waals surface area contributed by atoms with Crippen LogP contribution in [0.1, 0.15) is 15.9 Å². The molecule has 0 amide bonds. The molecule has 1 aromatic heterocycles. The maximum atomic E-state index is 12.7. The zero-order valence-electron chi connectivity index (χ0n) is 17.2. The molecule has 0 aliphatic carbocycles. The fourth-order valence-electron chi connectivity index (χ4n) is 3.74. The SMILES string of the molecule is O=C(C=Cc1cn(-c2ccccc2)nc1-c1cccc2ccccc12)c1ccc(Br)cc1. The lowest BCUT2D eigenvalue weighted by molar-refractivity contribution is 0.104. The predicted octanol–water partition coefficient (Wildman–Crippen LogP) is 7.35. The van der Waals surface area contributed by atoms with Gasteiger partial charge >= 0.3 is 0 Å². The van der Waals surface area contributed by atoms with E-state index in [1.165, 1.54) is 0 Å². The van der Waals surface area contributed by atoms with Gasteiger partial charge in [-0.1, -0.05) is 76.6 Å². The van der Waals surface area contributed by atoms with Crippen LogP contribution in [0.4, 0.5) is 0 Å². The summed E-state index contributed by atoms with van der Waals surface area (Å²) < 4.78 is 2.81. The summed E-state index contributed by atoms with van der Waals surface area (Å²) in [5, 5.41) is 7.19. The molecule has 3 nitrogen and oxygen atoms in total. The van der Waals surface area contributed by atoms with E-state index in [1.54, 1.807) is 6.08 Å². The molecule has 4 heteroatoms. The minimum atomic E-state index is -0.0474. The van der Waals surface area contributed by atoms with E-state index < -0.39 is 0 Å². The summed E-state index contributed by atoms with van der Waals surface area (Å²) in [5.74, 6) is -0.0474. The summed E-state index contributed by atoms with van der Waals surface area (Å²) >= 11 is 3.41. The zero-order valence-corrected chi connectivity index (χ0v) is 18.7. The number of carbonyl (C=O) groups excluding carboxylic acids is 1. The van der Waals surface area contributed by atoms with E-state index in [0.717, 1.165) is 37.8 Å². The van der Waals surface area contributed by atoms with Gasteiger partial charge in [-0.25, -0.2) is 4.68 Å². The van der Waals surface area contributed by atoms with Crippen molar-refractivity contribution in [2.24, 2.45) is 0 Å². The summed E-state index contributed by atoms with van der Waals surface area (Å²) in [4.78, 5) is 12.7. The lowest BCUT2D eigenvalue weighted by Crippen LogP contribution is -1.94. The molecule has 0 spiro atoms. The Bertz CT molecular complexity index is 1430. The van der Waals surface area contributed by atoms with Crippen molar-refractivity contribution in [2.75, 3.05) is 0 Å². The molecule has 0 bridgehead atoms. The summed E-state index contributed by atoms with van der Waals surface area (Å²) in [6.45, 7) is 0. The maximum Gasteiger partial charge on any atom is 0.185 e. The van der Waals surface area contributed by atoms with Crippen LogP contribution in [0, 0.1) is 0 Å². The molecule has 0 N–H and O–H groups in total. The molecule has 1 heterocycles. The number of ketones is 1. The number of benzene rings is 4. The van der Waals surface area contributed by atoms with Crippen molar-refractivity contribution in [3.05, 3.63) is 125 Å². The molecule has 5 aromatic rings. The van der Waals surface area contributed by atoms with Crippen LogP contribution in [0.15, 0.2) is 114 Å². The molecule has 0 atom stereocenters. The molecule has 0 fully saturated rings. The van der Waals surface area contributed by atoms with Crippen LogP contribution in [0.25, 0.3) is 33.8 Å². The van der Waals surface area contributed by atoms with Gasteiger partial charge in [-0.05, 0) is 59.3 Å². The summed E-state index contributed by atoms with van der Waals surface area (Å²) in [7, 11) is 0. The number of carbonyl (C=O) groups is 1. The summed E-state index contributed by atoms with van der Waals surface area (Å²) in [6.07, 6.45) is 5.44. The van der Waals surface area contributed by atoms with Gasteiger partial charge in [-0.15, -0.1) is 0 Å². The van der Waals surface area contributed by atoms with Crippen molar-refractivity contribution in [1.82, 2.24) is 9.78 Å². The minimum Gasteiger partial charge on any atom is -0.289 e. The van der Waals surface area contributed by atoms with Crippen molar-refractivity contribution >= 4 is 38.6 Å². The molecule has 154 valence electrons. The minimum absolute atomic E-state index is 0.0474. The van der Waals surface area contributed by atoms with Crippen LogP contribution in [0.2, 0.25) is 0 Å². The van der Waals surface area contributed by atoms with E-state index in [0.29, 0.717) is 5.56 Å². The van der Waals surface area contributed by atoms with Gasteiger partial charge in [0.15, 0.2) is 5.78 Å². The van der Waals surface area contributed by atoms with E-state index in [1.807, 2.05) is 89.8 Å². The second kappa shape index (κ2) is 8.77. The van der Waals surface area contributed by atoms with Gasteiger partial charge in [0.1, 0.15) is 5.69 Å². The van der Waals surface area contributed by atoms with Gasteiger partial charge < -0.3 is 0 Å². The highest BCUT2D eigenvalue weighted by Crippen LogP contribution is 2.31. The van der Waals surface area contributed by atoms with Crippen molar-refractivity contribution in [1.29, 1.82) is 0 Å². The maximum absolute atomic E-state index is 12.7. The third kappa shape index (κ3) is 4.05. The largest absolute Gasteiger partial charge is 0.289 e. The third-order valence-corrected chi connectivity index (χ3v) is 5.88. The molecular formula is C28H19BrN2O. The smallest absolute Gasteiger partial charge is 0.185 e. The Labute approximate surface area is 194 Å². The highest BCUT2D eigenvalue weighted by atomic mass is 79.9. The molecule has 32 heavy (non-hydrogen) atoms. The van der Waals surface area contributed by atoms with Crippen LogP contribution in [-0.2, 0) is 0 Å². The van der Waals surface area contributed by atoms with Crippen LogP contribution in [-0.4, -0.2) is 15.6 Å². The number of rotatable bonds is 5. The van der Waals surface area contributed by atoms with Crippen LogP contribution in [0.3, 0.4) is 0 Å². The van der Waals surface area contributed by atoms with Gasteiger partial charge in [0, 0.05) is 27.4 Å². The van der Waals surface area contributed by atoms with Gasteiger partial charge in [-0.2, -0.15) is 5.10 Å².